The molecule has 8 heteroatoms. The van der Waals surface area contributed by atoms with Crippen LogP contribution in [0.1, 0.15) is 38.5 Å². The van der Waals surface area contributed by atoms with Crippen molar-refractivity contribution >= 4 is 36.0 Å². The fourth-order valence-corrected chi connectivity index (χ4v) is 5.48. The van der Waals surface area contributed by atoms with E-state index in [-0.39, 0.29) is 41.6 Å². The minimum atomic E-state index is -0.306. The van der Waals surface area contributed by atoms with Gasteiger partial charge in [-0.3, -0.25) is 9.59 Å². The number of methoxy groups -OCH3 is 1. The molecule has 3 aliphatic rings. The molecule has 0 bridgehead atoms. The van der Waals surface area contributed by atoms with Gasteiger partial charge in [0.25, 0.3) is 0 Å². The van der Waals surface area contributed by atoms with E-state index in [2.05, 4.69) is 10.6 Å². The number of hydrogen-bond acceptors (Lipinski definition) is 5. The first-order chi connectivity index (χ1) is 12.2. The van der Waals surface area contributed by atoms with Crippen molar-refractivity contribution < 1.29 is 14.3 Å². The third-order valence-corrected chi connectivity index (χ3v) is 6.94. The molecule has 2 heterocycles. The number of hydrogen-bond donors (Lipinski definition) is 2. The number of rotatable bonds is 6. The minimum Gasteiger partial charge on any atom is -0.384 e. The first-order valence-electron chi connectivity index (χ1n) is 9.51. The molecule has 3 fully saturated rings. The van der Waals surface area contributed by atoms with Gasteiger partial charge in [0.15, 0.2) is 0 Å². The van der Waals surface area contributed by atoms with E-state index in [4.69, 9.17) is 4.74 Å². The quantitative estimate of drug-likeness (QED) is 0.702. The topological polar surface area (TPSA) is 70.7 Å². The summed E-state index contributed by atoms with van der Waals surface area (Å²) in [6.07, 6.45) is 6.26. The molecule has 26 heavy (non-hydrogen) atoms. The fraction of sp³-hybridized carbons (Fsp3) is 0.889. The van der Waals surface area contributed by atoms with Crippen LogP contribution in [0.3, 0.4) is 0 Å². The normalized spacial score (nSPS) is 25.7. The number of nitrogens with zero attached hydrogens (tertiary/aromatic N) is 1. The number of nitrogens with one attached hydrogen (secondary N) is 2. The van der Waals surface area contributed by atoms with Gasteiger partial charge in [-0.1, -0.05) is 12.8 Å². The van der Waals surface area contributed by atoms with Gasteiger partial charge in [0.2, 0.25) is 11.8 Å². The van der Waals surface area contributed by atoms with Gasteiger partial charge >= 0.3 is 0 Å². The van der Waals surface area contributed by atoms with Crippen molar-refractivity contribution in [2.24, 2.45) is 11.3 Å². The lowest BCUT2D eigenvalue weighted by atomic mass is 9.79. The standard InChI is InChI=1S/C18H31N3O3S.ClH/c1-24-12-18(6-8-19-9-7-18)11-20-16(22)15-10-25-13-21(15)17(23)14-4-2-3-5-14;/h14-15,19H,2-13H2,1H3,(H,20,22);1H. The van der Waals surface area contributed by atoms with Gasteiger partial charge in [0.1, 0.15) is 6.04 Å². The first-order valence-corrected chi connectivity index (χ1v) is 10.7. The molecule has 0 spiro atoms. The van der Waals surface area contributed by atoms with Gasteiger partial charge in [-0.25, -0.2) is 0 Å². The van der Waals surface area contributed by atoms with Gasteiger partial charge in [-0.05, 0) is 38.8 Å². The number of carbonyl (C=O) groups excluding carboxylic acids is 2. The van der Waals surface area contributed by atoms with Crippen molar-refractivity contribution in [3.63, 3.8) is 0 Å². The average Bonchev–Trinajstić information content (AvgIpc) is 3.32. The third kappa shape index (κ3) is 5.06. The van der Waals surface area contributed by atoms with E-state index in [1.54, 1.807) is 18.9 Å². The summed E-state index contributed by atoms with van der Waals surface area (Å²) in [6, 6.07) is -0.306. The van der Waals surface area contributed by atoms with E-state index in [1.165, 1.54) is 0 Å². The Kier molecular flexibility index (Phi) is 8.51. The Bertz CT molecular complexity index is 477. The van der Waals surface area contributed by atoms with Gasteiger partial charge in [-0.15, -0.1) is 24.2 Å². The van der Waals surface area contributed by atoms with Crippen LogP contribution in [-0.2, 0) is 14.3 Å². The summed E-state index contributed by atoms with van der Waals surface area (Å²) in [4.78, 5) is 27.3. The van der Waals surface area contributed by atoms with E-state index in [9.17, 15) is 9.59 Å². The molecule has 2 amide bonds. The molecule has 2 saturated heterocycles. The number of thioether (sulfide) groups is 1. The van der Waals surface area contributed by atoms with Crippen molar-refractivity contribution in [1.82, 2.24) is 15.5 Å². The first kappa shape index (κ1) is 21.8. The smallest absolute Gasteiger partial charge is 0.243 e. The van der Waals surface area contributed by atoms with Crippen molar-refractivity contribution in [1.29, 1.82) is 0 Å². The second-order valence-corrected chi connectivity index (χ2v) is 8.71. The van der Waals surface area contributed by atoms with Crippen LogP contribution in [-0.4, -0.2) is 67.7 Å². The lowest BCUT2D eigenvalue weighted by molar-refractivity contribution is -0.141. The lowest BCUT2D eigenvalue weighted by Gasteiger charge is -2.37. The molecule has 0 aromatic carbocycles. The zero-order valence-electron chi connectivity index (χ0n) is 15.6. The Labute approximate surface area is 166 Å². The van der Waals surface area contributed by atoms with Crippen LogP contribution in [0.2, 0.25) is 0 Å². The summed E-state index contributed by atoms with van der Waals surface area (Å²) >= 11 is 1.69. The molecule has 0 aromatic heterocycles. The minimum absolute atomic E-state index is 0. The summed E-state index contributed by atoms with van der Waals surface area (Å²) < 4.78 is 5.42. The summed E-state index contributed by atoms with van der Waals surface area (Å²) in [5, 5.41) is 6.51. The van der Waals surface area contributed by atoms with Crippen LogP contribution < -0.4 is 10.6 Å². The predicted octanol–water partition coefficient (Wildman–Crippen LogP) is 1.63. The summed E-state index contributed by atoms with van der Waals surface area (Å²) in [5.74, 6) is 1.70. The number of ether oxygens (including phenoxy) is 1. The van der Waals surface area contributed by atoms with Crippen molar-refractivity contribution in [2.45, 2.75) is 44.6 Å². The molecule has 1 atom stereocenters. The molecule has 1 saturated carbocycles. The second kappa shape index (κ2) is 10.2. The van der Waals surface area contributed by atoms with Crippen LogP contribution in [0.25, 0.3) is 0 Å². The van der Waals surface area contributed by atoms with Gasteiger partial charge in [0, 0.05) is 30.7 Å². The summed E-state index contributed by atoms with van der Waals surface area (Å²) in [7, 11) is 1.72. The number of carbonyl (C=O) groups is 2. The molecule has 0 radical (unpaired) electrons. The maximum atomic E-state index is 12.8. The monoisotopic (exact) mass is 405 g/mol. The van der Waals surface area contributed by atoms with Crippen molar-refractivity contribution in [3.8, 4) is 0 Å². The van der Waals surface area contributed by atoms with E-state index >= 15 is 0 Å². The lowest BCUT2D eigenvalue weighted by Crippen LogP contribution is -2.53. The third-order valence-electron chi connectivity index (χ3n) is 5.92. The summed E-state index contributed by atoms with van der Waals surface area (Å²) in [6.45, 7) is 3.22. The number of halogens is 1. The van der Waals surface area contributed by atoms with Crippen LogP contribution in [0.4, 0.5) is 0 Å². The molecule has 3 rings (SSSR count). The van der Waals surface area contributed by atoms with E-state index in [1.807, 2.05) is 4.90 Å². The van der Waals surface area contributed by atoms with Gasteiger partial charge in [-0.2, -0.15) is 0 Å². The maximum Gasteiger partial charge on any atom is 0.243 e. The van der Waals surface area contributed by atoms with E-state index in [0.717, 1.165) is 51.6 Å². The second-order valence-electron chi connectivity index (χ2n) is 7.71. The molecule has 150 valence electrons. The average molecular weight is 406 g/mol. The van der Waals surface area contributed by atoms with Crippen LogP contribution >= 0.6 is 24.2 Å². The maximum absolute atomic E-state index is 12.8. The molecule has 1 aliphatic carbocycles. The molecule has 2 N–H and O–H groups in total. The Morgan fingerprint density at radius 2 is 1.96 bits per heavy atom. The molecule has 2 aliphatic heterocycles. The fourth-order valence-electron chi connectivity index (χ4n) is 4.31. The van der Waals surface area contributed by atoms with Crippen LogP contribution in [0.5, 0.6) is 0 Å². The number of amides is 2. The van der Waals surface area contributed by atoms with Gasteiger partial charge in [0.05, 0.1) is 12.5 Å². The highest BCUT2D eigenvalue weighted by molar-refractivity contribution is 7.99. The van der Waals surface area contributed by atoms with Crippen LogP contribution in [0, 0.1) is 11.3 Å². The SMILES string of the molecule is COCC1(CNC(=O)C2CSCN2C(=O)C2CCCC2)CCNCC1.Cl. The zero-order chi connectivity index (χ0) is 17.7. The van der Waals surface area contributed by atoms with Crippen LogP contribution in [0.15, 0.2) is 0 Å². The Morgan fingerprint density at radius 1 is 1.27 bits per heavy atom. The van der Waals surface area contributed by atoms with Gasteiger partial charge < -0.3 is 20.3 Å². The Hall–Kier alpha value is -0.500. The Morgan fingerprint density at radius 3 is 2.62 bits per heavy atom. The number of piperidine rings is 1. The zero-order valence-corrected chi connectivity index (χ0v) is 17.3. The van der Waals surface area contributed by atoms with Crippen molar-refractivity contribution in [3.05, 3.63) is 0 Å². The van der Waals surface area contributed by atoms with E-state index < -0.39 is 0 Å². The highest BCUT2D eigenvalue weighted by atomic mass is 35.5. The molecular weight excluding hydrogens is 374 g/mol. The highest BCUT2D eigenvalue weighted by Gasteiger charge is 2.39. The molecule has 1 unspecified atom stereocenters. The Balaban J connectivity index is 0.00000243. The molecular formula is C18H32ClN3O3S. The van der Waals surface area contributed by atoms with Crippen molar-refractivity contribution in [2.75, 3.05) is 45.0 Å². The summed E-state index contributed by atoms with van der Waals surface area (Å²) in [5.41, 5.74) is 0.0156. The molecule has 0 aromatic rings. The van der Waals surface area contributed by atoms with E-state index in [0.29, 0.717) is 24.8 Å². The molecule has 6 nitrogen and oxygen atoms in total. The highest BCUT2D eigenvalue weighted by Crippen LogP contribution is 2.31. The largest absolute Gasteiger partial charge is 0.384 e. The predicted molar refractivity (Wildman–Crippen MR) is 107 cm³/mol.